The first kappa shape index (κ1) is 32.4. The lowest BCUT2D eigenvalue weighted by Crippen LogP contribution is -2.09. The summed E-state index contributed by atoms with van der Waals surface area (Å²) < 4.78 is 5.25. The van der Waals surface area contributed by atoms with Gasteiger partial charge >= 0.3 is 0 Å². The van der Waals surface area contributed by atoms with Gasteiger partial charge in [-0.25, -0.2) is 0 Å². The molecule has 54 heavy (non-hydrogen) atoms. The second-order valence-electron chi connectivity index (χ2n) is 13.8. The summed E-state index contributed by atoms with van der Waals surface area (Å²) in [6.07, 6.45) is 3.25. The molecule has 2 aromatic heterocycles. The number of para-hydroxylation sites is 1. The zero-order valence-corrected chi connectivity index (χ0v) is 31.2. The van der Waals surface area contributed by atoms with E-state index in [-0.39, 0.29) is 0 Å². The highest BCUT2D eigenvalue weighted by molar-refractivity contribution is 7.26. The highest BCUT2D eigenvalue weighted by Gasteiger charge is 2.15. The van der Waals surface area contributed by atoms with Crippen LogP contribution in [-0.2, 0) is 6.42 Å². The number of benzene rings is 8. The lowest BCUT2D eigenvalue weighted by molar-refractivity contribution is 1.29. The molecule has 0 saturated heterocycles. The van der Waals surface area contributed by atoms with Crippen molar-refractivity contribution in [2.24, 2.45) is 0 Å². The minimum absolute atomic E-state index is 0.889. The highest BCUT2D eigenvalue weighted by atomic mass is 32.1. The van der Waals surface area contributed by atoms with Gasteiger partial charge in [0.15, 0.2) is 0 Å². The number of anilines is 3. The van der Waals surface area contributed by atoms with E-state index in [9.17, 15) is 0 Å². The SMILES string of the molecule is C(=C(\Cc1ccccc1)c1ccccc1)/c1ccc2sc3cc(-c4ccc(N(c5ccccc5)c5ccc6c(c5)sc5ccccc56)cc4)ccc3c2c1. The fraction of sp³-hybridized carbons (Fsp3) is 0.0196. The molecule has 0 fully saturated rings. The molecule has 0 N–H and O–H groups in total. The first-order chi connectivity index (χ1) is 26.7. The van der Waals surface area contributed by atoms with Crippen LogP contribution in [0.15, 0.2) is 194 Å². The van der Waals surface area contributed by atoms with E-state index in [2.05, 4.69) is 205 Å². The van der Waals surface area contributed by atoms with Crippen LogP contribution in [-0.4, -0.2) is 0 Å². The molecular weight excluding hydrogens is 691 g/mol. The van der Waals surface area contributed by atoms with Gasteiger partial charge in [-0.3, -0.25) is 0 Å². The van der Waals surface area contributed by atoms with Crippen molar-refractivity contribution in [2.75, 3.05) is 4.90 Å². The maximum atomic E-state index is 2.37. The van der Waals surface area contributed by atoms with Gasteiger partial charge in [0.2, 0.25) is 0 Å². The molecule has 10 aromatic rings. The van der Waals surface area contributed by atoms with Crippen molar-refractivity contribution in [3.63, 3.8) is 0 Å². The molecule has 0 spiro atoms. The summed E-state index contributed by atoms with van der Waals surface area (Å²) in [5, 5.41) is 5.25. The Morgan fingerprint density at radius 3 is 1.78 bits per heavy atom. The molecule has 0 bridgehead atoms. The highest BCUT2D eigenvalue weighted by Crippen LogP contribution is 2.42. The number of thiophene rings is 2. The Labute approximate surface area is 323 Å². The predicted molar refractivity (Wildman–Crippen MR) is 237 cm³/mol. The maximum Gasteiger partial charge on any atom is 0.0476 e. The zero-order valence-electron chi connectivity index (χ0n) is 29.5. The standard InChI is InChI=1S/C51H35NS2/c1-4-12-35(13-5-1)30-40(37-14-6-2-7-15-37)31-36-20-29-49-47(32-36)46-27-23-39(33-50(46)54-49)38-21-24-42(25-22-38)52(41-16-8-3-9-17-41)43-26-28-45-44-18-10-11-19-48(44)53-51(45)34-43/h1-29,31-34H,30H2/b40-31-. The summed E-state index contributed by atoms with van der Waals surface area (Å²) in [6.45, 7) is 0. The van der Waals surface area contributed by atoms with Crippen LogP contribution in [0.3, 0.4) is 0 Å². The fourth-order valence-electron chi connectivity index (χ4n) is 7.65. The summed E-state index contributed by atoms with van der Waals surface area (Å²) in [5.41, 5.74) is 11.0. The summed E-state index contributed by atoms with van der Waals surface area (Å²) in [7, 11) is 0. The van der Waals surface area contributed by atoms with E-state index in [1.165, 1.54) is 73.7 Å². The molecule has 0 atom stereocenters. The van der Waals surface area contributed by atoms with Crippen LogP contribution in [0.4, 0.5) is 17.1 Å². The largest absolute Gasteiger partial charge is 0.310 e. The lowest BCUT2D eigenvalue weighted by atomic mass is 9.95. The molecular formula is C51H35NS2. The van der Waals surface area contributed by atoms with E-state index < -0.39 is 0 Å². The Morgan fingerprint density at radius 1 is 0.407 bits per heavy atom. The summed E-state index contributed by atoms with van der Waals surface area (Å²) >= 11 is 3.73. The van der Waals surface area contributed by atoms with E-state index in [4.69, 9.17) is 0 Å². The van der Waals surface area contributed by atoms with Gasteiger partial charge in [0.1, 0.15) is 0 Å². The topological polar surface area (TPSA) is 3.24 Å². The number of fused-ring (bicyclic) bond motifs is 6. The summed E-state index contributed by atoms with van der Waals surface area (Å²) in [6, 6.07) is 70.7. The van der Waals surface area contributed by atoms with Crippen molar-refractivity contribution < 1.29 is 0 Å². The van der Waals surface area contributed by atoms with Crippen LogP contribution in [0.25, 0.3) is 63.1 Å². The third-order valence-corrected chi connectivity index (χ3v) is 12.6. The van der Waals surface area contributed by atoms with Crippen molar-refractivity contribution >= 4 is 91.7 Å². The van der Waals surface area contributed by atoms with Crippen LogP contribution in [0.1, 0.15) is 16.7 Å². The predicted octanol–water partition coefficient (Wildman–Crippen LogP) is 15.3. The first-order valence-electron chi connectivity index (χ1n) is 18.4. The molecule has 8 aromatic carbocycles. The van der Waals surface area contributed by atoms with Crippen molar-refractivity contribution in [2.45, 2.75) is 6.42 Å². The van der Waals surface area contributed by atoms with E-state index in [1.54, 1.807) is 0 Å². The second kappa shape index (κ2) is 13.9. The molecule has 0 saturated carbocycles. The quantitative estimate of drug-likeness (QED) is 0.141. The minimum Gasteiger partial charge on any atom is -0.310 e. The Hall–Kier alpha value is -6.26. The Morgan fingerprint density at radius 2 is 0.981 bits per heavy atom. The monoisotopic (exact) mass is 725 g/mol. The molecule has 0 amide bonds. The Bertz CT molecular complexity index is 2940. The molecule has 3 heteroatoms. The molecule has 256 valence electrons. The van der Waals surface area contributed by atoms with Crippen molar-refractivity contribution in [1.29, 1.82) is 0 Å². The first-order valence-corrected chi connectivity index (χ1v) is 20.0. The van der Waals surface area contributed by atoms with E-state index in [0.29, 0.717) is 0 Å². The molecule has 10 rings (SSSR count). The molecule has 0 aliphatic rings. The molecule has 0 aliphatic carbocycles. The van der Waals surface area contributed by atoms with Crippen LogP contribution < -0.4 is 4.90 Å². The van der Waals surface area contributed by atoms with Crippen molar-refractivity contribution in [1.82, 2.24) is 0 Å². The smallest absolute Gasteiger partial charge is 0.0476 e. The van der Waals surface area contributed by atoms with Gasteiger partial charge in [0.25, 0.3) is 0 Å². The summed E-state index contributed by atoms with van der Waals surface area (Å²) in [5.74, 6) is 0. The molecule has 0 aliphatic heterocycles. The van der Waals surface area contributed by atoms with E-state index in [0.717, 1.165) is 23.5 Å². The number of allylic oxidation sites excluding steroid dienone is 1. The number of hydrogen-bond acceptors (Lipinski definition) is 3. The van der Waals surface area contributed by atoms with Crippen molar-refractivity contribution in [3.8, 4) is 11.1 Å². The van der Waals surface area contributed by atoms with Crippen molar-refractivity contribution in [3.05, 3.63) is 211 Å². The second-order valence-corrected chi connectivity index (χ2v) is 15.9. The summed E-state index contributed by atoms with van der Waals surface area (Å²) in [4.78, 5) is 2.36. The Kier molecular flexibility index (Phi) is 8.37. The molecule has 2 heterocycles. The Balaban J connectivity index is 0.979. The van der Waals surface area contributed by atoms with Gasteiger partial charge in [-0.05, 0) is 100 Å². The van der Waals surface area contributed by atoms with Gasteiger partial charge < -0.3 is 4.90 Å². The van der Waals surface area contributed by atoms with Gasteiger partial charge in [0, 0.05) is 57.4 Å². The number of nitrogens with zero attached hydrogens (tertiary/aromatic N) is 1. The number of rotatable bonds is 8. The van der Waals surface area contributed by atoms with E-state index in [1.807, 2.05) is 22.7 Å². The van der Waals surface area contributed by atoms with Crippen LogP contribution in [0.2, 0.25) is 0 Å². The zero-order chi connectivity index (χ0) is 35.8. The minimum atomic E-state index is 0.889. The normalized spacial score (nSPS) is 11.9. The fourth-order valence-corrected chi connectivity index (χ4v) is 9.92. The third kappa shape index (κ3) is 6.18. The van der Waals surface area contributed by atoms with Gasteiger partial charge in [-0.1, -0.05) is 140 Å². The third-order valence-electron chi connectivity index (χ3n) is 10.3. The van der Waals surface area contributed by atoms with Crippen LogP contribution >= 0.6 is 22.7 Å². The lowest BCUT2D eigenvalue weighted by Gasteiger charge is -2.25. The molecule has 1 nitrogen and oxygen atoms in total. The van der Waals surface area contributed by atoms with Gasteiger partial charge in [-0.15, -0.1) is 22.7 Å². The average molecular weight is 726 g/mol. The van der Waals surface area contributed by atoms with E-state index >= 15 is 0 Å². The van der Waals surface area contributed by atoms with Crippen LogP contribution in [0, 0.1) is 0 Å². The van der Waals surface area contributed by atoms with Gasteiger partial charge in [0.05, 0.1) is 0 Å². The van der Waals surface area contributed by atoms with Gasteiger partial charge in [-0.2, -0.15) is 0 Å². The molecule has 0 radical (unpaired) electrons. The number of hydrogen-bond donors (Lipinski definition) is 0. The molecule has 0 unspecified atom stereocenters. The maximum absolute atomic E-state index is 2.37. The average Bonchev–Trinajstić information content (AvgIpc) is 3.79. The van der Waals surface area contributed by atoms with Crippen LogP contribution in [0.5, 0.6) is 0 Å².